The number of amides is 4. The molecule has 2 aliphatic heterocycles. The molecule has 4 rings (SSSR count). The third-order valence-electron chi connectivity index (χ3n) is 4.65. The molecule has 0 aliphatic carbocycles. The number of hydrogen-bond acceptors (Lipinski definition) is 8. The first kappa shape index (κ1) is 21.7. The van der Waals surface area contributed by atoms with Crippen molar-refractivity contribution in [1.29, 1.82) is 0 Å². The molecular formula is C22H18N2O9. The summed E-state index contributed by atoms with van der Waals surface area (Å²) in [7, 11) is 0. The van der Waals surface area contributed by atoms with Crippen molar-refractivity contribution >= 4 is 35.6 Å². The van der Waals surface area contributed by atoms with Gasteiger partial charge in [-0.25, -0.2) is 14.5 Å². The van der Waals surface area contributed by atoms with Crippen LogP contribution in [0.2, 0.25) is 0 Å². The monoisotopic (exact) mass is 454 g/mol. The molecule has 11 nitrogen and oxygen atoms in total. The Balaban J connectivity index is 1.66. The van der Waals surface area contributed by atoms with Crippen molar-refractivity contribution in [1.82, 2.24) is 5.32 Å². The van der Waals surface area contributed by atoms with Crippen LogP contribution in [0.25, 0.3) is 6.08 Å². The number of rotatable bonds is 7. The standard InChI is InChI=1S/C22H18N2O9/c1-2-30-17-8-12(3-5-15(17)31-10-19(25)26)7-14-20(27)23-22(29)24(21(14)28)13-4-6-16-18(9-13)33-11-32-16/h3-9H,2,10-11H2,1H3,(H,25,26)(H,23,27,29)/b14-7+. The Bertz CT molecular complexity index is 1190. The quantitative estimate of drug-likeness (QED) is 0.474. The summed E-state index contributed by atoms with van der Waals surface area (Å²) in [4.78, 5) is 49.5. The number of aliphatic carboxylic acids is 1. The predicted octanol–water partition coefficient (Wildman–Crippen LogP) is 1.94. The second-order valence-electron chi connectivity index (χ2n) is 6.82. The van der Waals surface area contributed by atoms with Gasteiger partial charge in [-0.1, -0.05) is 6.07 Å². The molecule has 2 aliphatic rings. The Labute approximate surface area is 187 Å². The molecule has 1 saturated heterocycles. The summed E-state index contributed by atoms with van der Waals surface area (Å²) in [6.45, 7) is 1.47. The van der Waals surface area contributed by atoms with Crippen molar-refractivity contribution in [3.63, 3.8) is 0 Å². The van der Waals surface area contributed by atoms with Gasteiger partial charge in [0.05, 0.1) is 12.3 Å². The summed E-state index contributed by atoms with van der Waals surface area (Å²) in [6, 6.07) is 8.11. The SMILES string of the molecule is CCOc1cc(/C=C2\C(=O)NC(=O)N(c3ccc4c(c3)OCO4)C2=O)ccc1OCC(=O)O. The molecule has 4 amide bonds. The van der Waals surface area contributed by atoms with Crippen molar-refractivity contribution in [2.45, 2.75) is 6.92 Å². The highest BCUT2D eigenvalue weighted by Crippen LogP contribution is 2.36. The maximum absolute atomic E-state index is 13.1. The van der Waals surface area contributed by atoms with Gasteiger partial charge in [0.25, 0.3) is 11.8 Å². The van der Waals surface area contributed by atoms with E-state index >= 15 is 0 Å². The van der Waals surface area contributed by atoms with Crippen molar-refractivity contribution < 1.29 is 43.2 Å². The van der Waals surface area contributed by atoms with Crippen LogP contribution >= 0.6 is 0 Å². The van der Waals surface area contributed by atoms with E-state index in [1.807, 2.05) is 0 Å². The summed E-state index contributed by atoms with van der Waals surface area (Å²) in [5, 5.41) is 11.0. The van der Waals surface area contributed by atoms with Gasteiger partial charge in [0.2, 0.25) is 6.79 Å². The second-order valence-corrected chi connectivity index (χ2v) is 6.82. The fourth-order valence-electron chi connectivity index (χ4n) is 3.22. The van der Waals surface area contributed by atoms with Crippen LogP contribution in [0.3, 0.4) is 0 Å². The van der Waals surface area contributed by atoms with Crippen molar-refractivity contribution in [2.75, 3.05) is 24.9 Å². The van der Waals surface area contributed by atoms with Crippen molar-refractivity contribution in [3.05, 3.63) is 47.5 Å². The Hall–Kier alpha value is -4.54. The smallest absolute Gasteiger partial charge is 0.341 e. The van der Waals surface area contributed by atoms with Crippen LogP contribution in [0.15, 0.2) is 42.0 Å². The molecule has 2 heterocycles. The van der Waals surface area contributed by atoms with E-state index in [9.17, 15) is 19.2 Å². The van der Waals surface area contributed by atoms with Gasteiger partial charge in [-0.15, -0.1) is 0 Å². The van der Waals surface area contributed by atoms with E-state index in [0.717, 1.165) is 4.90 Å². The molecule has 11 heteroatoms. The predicted molar refractivity (Wildman–Crippen MR) is 112 cm³/mol. The lowest BCUT2D eigenvalue weighted by Crippen LogP contribution is -2.54. The summed E-state index contributed by atoms with van der Waals surface area (Å²) in [5.74, 6) is -1.56. The highest BCUT2D eigenvalue weighted by molar-refractivity contribution is 6.39. The number of ether oxygens (including phenoxy) is 4. The highest BCUT2D eigenvalue weighted by Gasteiger charge is 2.37. The Morgan fingerprint density at radius 3 is 2.64 bits per heavy atom. The normalized spacial score (nSPS) is 16.1. The van der Waals surface area contributed by atoms with E-state index in [0.29, 0.717) is 17.1 Å². The summed E-state index contributed by atoms with van der Waals surface area (Å²) < 4.78 is 21.2. The maximum atomic E-state index is 13.1. The molecule has 0 atom stereocenters. The maximum Gasteiger partial charge on any atom is 0.341 e. The molecule has 2 aromatic rings. The van der Waals surface area contributed by atoms with Gasteiger partial charge >= 0.3 is 12.0 Å². The van der Waals surface area contributed by atoms with E-state index in [1.165, 1.54) is 36.4 Å². The molecule has 2 N–H and O–H groups in total. The lowest BCUT2D eigenvalue weighted by molar-refractivity contribution is -0.139. The van der Waals surface area contributed by atoms with Gasteiger partial charge in [-0.3, -0.25) is 14.9 Å². The minimum absolute atomic E-state index is 0.0247. The summed E-state index contributed by atoms with van der Waals surface area (Å²) >= 11 is 0. The van der Waals surface area contributed by atoms with Crippen molar-refractivity contribution in [3.8, 4) is 23.0 Å². The Kier molecular flexibility index (Phi) is 5.85. The molecule has 0 spiro atoms. The number of nitrogens with one attached hydrogen (secondary N) is 1. The number of anilines is 1. The lowest BCUT2D eigenvalue weighted by Gasteiger charge is -2.26. The number of carbonyl (C=O) groups excluding carboxylic acids is 3. The van der Waals surface area contributed by atoms with E-state index < -0.39 is 30.4 Å². The van der Waals surface area contributed by atoms with Crippen LogP contribution in [-0.4, -0.2) is 48.9 Å². The first-order chi connectivity index (χ1) is 15.9. The zero-order valence-electron chi connectivity index (χ0n) is 17.3. The van der Waals surface area contributed by atoms with Gasteiger partial charge in [0.15, 0.2) is 29.6 Å². The van der Waals surface area contributed by atoms with Crippen LogP contribution in [-0.2, 0) is 14.4 Å². The fraction of sp³-hybridized carbons (Fsp3) is 0.182. The number of carbonyl (C=O) groups is 4. The number of fused-ring (bicyclic) bond motifs is 1. The molecular weight excluding hydrogens is 436 g/mol. The average Bonchev–Trinajstić information content (AvgIpc) is 3.24. The largest absolute Gasteiger partial charge is 0.490 e. The minimum atomic E-state index is -1.15. The highest BCUT2D eigenvalue weighted by atomic mass is 16.7. The fourth-order valence-corrected chi connectivity index (χ4v) is 3.22. The van der Waals surface area contributed by atoms with Gasteiger partial charge in [0, 0.05) is 6.07 Å². The number of benzene rings is 2. The third kappa shape index (κ3) is 4.42. The zero-order valence-corrected chi connectivity index (χ0v) is 17.3. The van der Waals surface area contributed by atoms with E-state index in [4.69, 9.17) is 24.1 Å². The van der Waals surface area contributed by atoms with Gasteiger partial charge in [-0.05, 0) is 42.8 Å². The number of carboxylic acids is 1. The van der Waals surface area contributed by atoms with Crippen LogP contribution in [0.5, 0.6) is 23.0 Å². The van der Waals surface area contributed by atoms with Crippen LogP contribution < -0.4 is 29.2 Å². The number of imide groups is 2. The molecule has 0 unspecified atom stereocenters. The molecule has 2 aromatic carbocycles. The molecule has 0 radical (unpaired) electrons. The molecule has 0 bridgehead atoms. The topological polar surface area (TPSA) is 141 Å². The molecule has 0 saturated carbocycles. The minimum Gasteiger partial charge on any atom is -0.490 e. The first-order valence-corrected chi connectivity index (χ1v) is 9.80. The van der Waals surface area contributed by atoms with Gasteiger partial charge in [0.1, 0.15) is 5.57 Å². The number of hydrogen-bond donors (Lipinski definition) is 2. The van der Waals surface area contributed by atoms with E-state index in [1.54, 1.807) is 13.0 Å². The molecule has 33 heavy (non-hydrogen) atoms. The second kappa shape index (κ2) is 8.91. The number of barbiturate groups is 1. The average molecular weight is 454 g/mol. The number of nitrogens with zero attached hydrogens (tertiary/aromatic N) is 1. The Morgan fingerprint density at radius 1 is 1.09 bits per heavy atom. The van der Waals surface area contributed by atoms with E-state index in [-0.39, 0.29) is 36.2 Å². The van der Waals surface area contributed by atoms with Crippen molar-refractivity contribution in [2.24, 2.45) is 0 Å². The molecule has 0 aromatic heterocycles. The van der Waals surface area contributed by atoms with Crippen LogP contribution in [0, 0.1) is 0 Å². The number of urea groups is 1. The Morgan fingerprint density at radius 2 is 1.88 bits per heavy atom. The lowest BCUT2D eigenvalue weighted by atomic mass is 10.1. The summed E-state index contributed by atoms with van der Waals surface area (Å²) in [5.41, 5.74) is 0.320. The third-order valence-corrected chi connectivity index (χ3v) is 4.65. The molecule has 170 valence electrons. The number of carboxylic acid groups (broad SMARTS) is 1. The van der Waals surface area contributed by atoms with Gasteiger partial charge < -0.3 is 24.1 Å². The zero-order chi connectivity index (χ0) is 23.5. The van der Waals surface area contributed by atoms with E-state index in [2.05, 4.69) is 5.32 Å². The first-order valence-electron chi connectivity index (χ1n) is 9.80. The van der Waals surface area contributed by atoms with Crippen LogP contribution in [0.4, 0.5) is 10.5 Å². The van der Waals surface area contributed by atoms with Gasteiger partial charge in [-0.2, -0.15) is 0 Å². The summed E-state index contributed by atoms with van der Waals surface area (Å²) in [6.07, 6.45) is 1.30. The van der Waals surface area contributed by atoms with Crippen LogP contribution in [0.1, 0.15) is 12.5 Å². The molecule has 1 fully saturated rings.